The van der Waals surface area contributed by atoms with Crippen LogP contribution in [0.5, 0.6) is 0 Å². The third-order valence-corrected chi connectivity index (χ3v) is 6.72. The number of benzene rings is 3. The van der Waals surface area contributed by atoms with E-state index in [-0.39, 0.29) is 17.7 Å². The minimum atomic E-state index is -0.254. The fourth-order valence-corrected chi connectivity index (χ4v) is 4.77. The van der Waals surface area contributed by atoms with Crippen molar-refractivity contribution in [3.63, 3.8) is 0 Å². The molecule has 1 heterocycles. The highest BCUT2D eigenvalue weighted by molar-refractivity contribution is 6.03. The van der Waals surface area contributed by atoms with Crippen molar-refractivity contribution in [3.05, 3.63) is 95.1 Å². The maximum atomic E-state index is 13.3. The number of hydrogen-bond acceptors (Lipinski definition) is 4. The maximum absolute atomic E-state index is 13.3. The van der Waals surface area contributed by atoms with E-state index in [1.807, 2.05) is 49.4 Å². The third kappa shape index (κ3) is 6.13. The summed E-state index contributed by atoms with van der Waals surface area (Å²) in [4.78, 5) is 28.7. The van der Waals surface area contributed by atoms with E-state index in [4.69, 9.17) is 4.74 Å². The summed E-state index contributed by atoms with van der Waals surface area (Å²) in [6.45, 7) is 4.70. The number of ether oxygens (including phenoxy) is 1. The van der Waals surface area contributed by atoms with Gasteiger partial charge in [-0.3, -0.25) is 9.59 Å². The molecule has 2 amide bonds. The van der Waals surface area contributed by atoms with Gasteiger partial charge in [-0.1, -0.05) is 61.5 Å². The molecule has 3 aromatic rings. The predicted octanol–water partition coefficient (Wildman–Crippen LogP) is 5.15. The molecule has 0 radical (unpaired) electrons. The van der Waals surface area contributed by atoms with E-state index < -0.39 is 0 Å². The van der Waals surface area contributed by atoms with E-state index in [9.17, 15) is 9.59 Å². The van der Waals surface area contributed by atoms with Crippen LogP contribution in [0.25, 0.3) is 0 Å². The van der Waals surface area contributed by atoms with Gasteiger partial charge in [0.1, 0.15) is 0 Å². The summed E-state index contributed by atoms with van der Waals surface area (Å²) in [6, 6.07) is 23.9. The number of nitrogens with one attached hydrogen (secondary N) is 2. The molecule has 0 fully saturated rings. The van der Waals surface area contributed by atoms with Gasteiger partial charge in [0.25, 0.3) is 5.91 Å². The predicted molar refractivity (Wildman–Crippen MR) is 145 cm³/mol. The molecule has 1 unspecified atom stereocenters. The van der Waals surface area contributed by atoms with E-state index in [0.29, 0.717) is 30.8 Å². The zero-order chi connectivity index (χ0) is 25.3. The second-order valence-corrected chi connectivity index (χ2v) is 9.14. The van der Waals surface area contributed by atoms with Gasteiger partial charge in [-0.2, -0.15) is 0 Å². The monoisotopic (exact) mass is 485 g/mol. The number of hydrogen-bond donors (Lipinski definition) is 2. The fourth-order valence-electron chi connectivity index (χ4n) is 4.77. The molecule has 0 aromatic heterocycles. The number of carbonyl (C=O) groups excluding carboxylic acids is 2. The molecule has 188 valence electrons. The van der Waals surface area contributed by atoms with Crippen molar-refractivity contribution in [2.75, 3.05) is 37.0 Å². The van der Waals surface area contributed by atoms with Gasteiger partial charge < -0.3 is 20.3 Å². The lowest BCUT2D eigenvalue weighted by Gasteiger charge is -2.32. The summed E-state index contributed by atoms with van der Waals surface area (Å²) in [5, 5.41) is 6.07. The molecule has 0 aliphatic carbocycles. The number of carbonyl (C=O) groups is 2. The van der Waals surface area contributed by atoms with Crippen molar-refractivity contribution >= 4 is 23.2 Å². The summed E-state index contributed by atoms with van der Waals surface area (Å²) in [6.07, 6.45) is 2.35. The van der Waals surface area contributed by atoms with Gasteiger partial charge in [0, 0.05) is 44.7 Å². The molecular weight excluding hydrogens is 450 g/mol. The Balaban J connectivity index is 1.58. The van der Waals surface area contributed by atoms with E-state index in [2.05, 4.69) is 39.8 Å². The van der Waals surface area contributed by atoms with Crippen LogP contribution in [0.3, 0.4) is 0 Å². The van der Waals surface area contributed by atoms with Crippen molar-refractivity contribution in [1.82, 2.24) is 5.32 Å². The van der Waals surface area contributed by atoms with E-state index in [0.717, 1.165) is 37.2 Å². The maximum Gasteiger partial charge on any atom is 0.253 e. The van der Waals surface area contributed by atoms with Gasteiger partial charge >= 0.3 is 0 Å². The largest absolute Gasteiger partial charge is 0.385 e. The first-order chi connectivity index (χ1) is 17.6. The Morgan fingerprint density at radius 3 is 2.50 bits per heavy atom. The standard InChI is InChI=1S/C30H35N3O3/c1-3-26(23-11-5-4-6-12-23)30(35)32-25-14-15-28(27(20-25)29(34)31-17-9-19-36-2)33-18-16-22-10-7-8-13-24(22)21-33/h4-8,10-15,20,26H,3,9,16-19,21H2,1-2H3,(H,31,34)(H,32,35). The molecule has 0 spiro atoms. The number of anilines is 2. The van der Waals surface area contributed by atoms with Gasteiger partial charge in [0.2, 0.25) is 5.91 Å². The Morgan fingerprint density at radius 2 is 1.75 bits per heavy atom. The highest BCUT2D eigenvalue weighted by Gasteiger charge is 2.23. The summed E-state index contributed by atoms with van der Waals surface area (Å²) in [5.41, 5.74) is 5.69. The van der Waals surface area contributed by atoms with E-state index in [1.165, 1.54) is 11.1 Å². The van der Waals surface area contributed by atoms with Gasteiger partial charge in [-0.05, 0) is 54.2 Å². The molecule has 0 bridgehead atoms. The SMILES string of the molecule is CCC(C(=O)Nc1ccc(N2CCc3ccccc3C2)c(C(=O)NCCCOC)c1)c1ccccc1. The molecule has 6 nitrogen and oxygen atoms in total. The first-order valence-corrected chi connectivity index (χ1v) is 12.7. The van der Waals surface area contributed by atoms with Crippen LogP contribution < -0.4 is 15.5 Å². The van der Waals surface area contributed by atoms with E-state index >= 15 is 0 Å². The molecule has 4 rings (SSSR count). The summed E-state index contributed by atoms with van der Waals surface area (Å²) >= 11 is 0. The van der Waals surface area contributed by atoms with Crippen LogP contribution in [0, 0.1) is 0 Å². The lowest BCUT2D eigenvalue weighted by molar-refractivity contribution is -0.117. The molecular formula is C30H35N3O3. The van der Waals surface area contributed by atoms with Crippen LogP contribution in [-0.4, -0.2) is 38.6 Å². The van der Waals surface area contributed by atoms with Crippen molar-refractivity contribution in [3.8, 4) is 0 Å². The molecule has 1 atom stereocenters. The van der Waals surface area contributed by atoms with Crippen molar-refractivity contribution in [1.29, 1.82) is 0 Å². The second kappa shape index (κ2) is 12.4. The molecule has 36 heavy (non-hydrogen) atoms. The summed E-state index contributed by atoms with van der Waals surface area (Å²) < 4.78 is 5.11. The smallest absolute Gasteiger partial charge is 0.253 e. The molecule has 1 aliphatic heterocycles. The number of rotatable bonds is 10. The van der Waals surface area contributed by atoms with Crippen LogP contribution in [0.2, 0.25) is 0 Å². The van der Waals surface area contributed by atoms with Crippen LogP contribution in [0.15, 0.2) is 72.8 Å². The summed E-state index contributed by atoms with van der Waals surface area (Å²) in [7, 11) is 1.65. The number of amides is 2. The van der Waals surface area contributed by atoms with Gasteiger partial charge in [-0.25, -0.2) is 0 Å². The normalized spacial score (nSPS) is 13.6. The van der Waals surface area contributed by atoms with Crippen LogP contribution in [0.4, 0.5) is 11.4 Å². The van der Waals surface area contributed by atoms with Crippen molar-refractivity contribution < 1.29 is 14.3 Å². The highest BCUT2D eigenvalue weighted by Crippen LogP contribution is 2.30. The Morgan fingerprint density at radius 1 is 1.00 bits per heavy atom. The highest BCUT2D eigenvalue weighted by atomic mass is 16.5. The van der Waals surface area contributed by atoms with Gasteiger partial charge in [0.15, 0.2) is 0 Å². The minimum absolute atomic E-state index is 0.0743. The van der Waals surface area contributed by atoms with Gasteiger partial charge in [0.05, 0.1) is 11.5 Å². The summed E-state index contributed by atoms with van der Waals surface area (Å²) in [5.74, 6) is -0.475. The first kappa shape index (κ1) is 25.5. The number of fused-ring (bicyclic) bond motifs is 1. The number of methoxy groups -OCH3 is 1. The molecule has 6 heteroatoms. The Bertz CT molecular complexity index is 1180. The topological polar surface area (TPSA) is 70.7 Å². The molecule has 2 N–H and O–H groups in total. The molecule has 0 saturated heterocycles. The lowest BCUT2D eigenvalue weighted by Crippen LogP contribution is -2.33. The second-order valence-electron chi connectivity index (χ2n) is 9.14. The quantitative estimate of drug-likeness (QED) is 0.390. The zero-order valence-corrected chi connectivity index (χ0v) is 21.1. The third-order valence-electron chi connectivity index (χ3n) is 6.72. The lowest BCUT2D eigenvalue weighted by atomic mass is 9.95. The minimum Gasteiger partial charge on any atom is -0.385 e. The fraction of sp³-hybridized carbons (Fsp3) is 0.333. The zero-order valence-electron chi connectivity index (χ0n) is 21.1. The first-order valence-electron chi connectivity index (χ1n) is 12.7. The average molecular weight is 486 g/mol. The Labute approximate surface area is 213 Å². The Kier molecular flexibility index (Phi) is 8.74. The molecule has 1 aliphatic rings. The Hall–Kier alpha value is -3.64. The van der Waals surface area contributed by atoms with Crippen molar-refractivity contribution in [2.24, 2.45) is 0 Å². The van der Waals surface area contributed by atoms with Crippen molar-refractivity contribution in [2.45, 2.75) is 38.6 Å². The van der Waals surface area contributed by atoms with Crippen LogP contribution in [0.1, 0.15) is 52.7 Å². The average Bonchev–Trinajstić information content (AvgIpc) is 2.91. The molecule has 0 saturated carbocycles. The van der Waals surface area contributed by atoms with E-state index in [1.54, 1.807) is 13.2 Å². The van der Waals surface area contributed by atoms with Gasteiger partial charge in [-0.15, -0.1) is 0 Å². The van der Waals surface area contributed by atoms with Crippen LogP contribution in [-0.2, 0) is 22.5 Å². The molecule has 3 aromatic carbocycles. The van der Waals surface area contributed by atoms with Crippen LogP contribution >= 0.6 is 0 Å². The number of nitrogens with zero attached hydrogens (tertiary/aromatic N) is 1.